The minimum atomic E-state index is -0.185. The van der Waals surface area contributed by atoms with Crippen LogP contribution in [0.2, 0.25) is 0 Å². The van der Waals surface area contributed by atoms with Crippen LogP contribution in [-0.4, -0.2) is 29.8 Å². The lowest BCUT2D eigenvalue weighted by Crippen LogP contribution is -2.52. The summed E-state index contributed by atoms with van der Waals surface area (Å²) in [5.74, 6) is 0. The molecular formula is C13H18BrN3O2. The summed E-state index contributed by atoms with van der Waals surface area (Å²) in [6, 6.07) is 1.57. The summed E-state index contributed by atoms with van der Waals surface area (Å²) in [4.78, 5) is 16.1. The van der Waals surface area contributed by atoms with Crippen molar-refractivity contribution in [2.75, 3.05) is 18.5 Å². The molecule has 6 heteroatoms. The predicted molar refractivity (Wildman–Crippen MR) is 77.2 cm³/mol. The van der Waals surface area contributed by atoms with Gasteiger partial charge >= 0.3 is 6.03 Å². The number of anilines is 1. The molecule has 0 atom stereocenters. The molecule has 2 amide bonds. The minimum absolute atomic E-state index is 0.151. The summed E-state index contributed by atoms with van der Waals surface area (Å²) in [5.41, 5.74) is 0.563. The molecular weight excluding hydrogens is 310 g/mol. The van der Waals surface area contributed by atoms with Crippen LogP contribution in [0.1, 0.15) is 26.2 Å². The zero-order valence-electron chi connectivity index (χ0n) is 10.9. The fraction of sp³-hybridized carbons (Fsp3) is 0.538. The van der Waals surface area contributed by atoms with Crippen LogP contribution >= 0.6 is 15.9 Å². The van der Waals surface area contributed by atoms with Gasteiger partial charge in [0.15, 0.2) is 0 Å². The van der Waals surface area contributed by atoms with Crippen LogP contribution in [-0.2, 0) is 4.74 Å². The normalized spacial score (nSPS) is 17.8. The molecule has 0 bridgehead atoms. The second kappa shape index (κ2) is 6.34. The van der Waals surface area contributed by atoms with E-state index in [0.717, 1.165) is 23.7 Å². The highest BCUT2D eigenvalue weighted by Gasteiger charge is 2.32. The van der Waals surface area contributed by atoms with Crippen LogP contribution in [0.5, 0.6) is 0 Å². The van der Waals surface area contributed by atoms with E-state index in [0.29, 0.717) is 18.9 Å². The third kappa shape index (κ3) is 3.67. The summed E-state index contributed by atoms with van der Waals surface area (Å²) in [5, 5.41) is 5.93. The Morgan fingerprint density at radius 2 is 2.26 bits per heavy atom. The number of urea groups is 1. The third-order valence-corrected chi connectivity index (χ3v) is 4.16. The Hall–Kier alpha value is -1.14. The summed E-state index contributed by atoms with van der Waals surface area (Å²) in [6.45, 7) is 3.49. The average molecular weight is 328 g/mol. The molecule has 2 rings (SSSR count). The van der Waals surface area contributed by atoms with Crippen molar-refractivity contribution < 1.29 is 9.53 Å². The summed E-state index contributed by atoms with van der Waals surface area (Å²) in [7, 11) is 0. The Balaban J connectivity index is 1.98. The van der Waals surface area contributed by atoms with Crippen molar-refractivity contribution in [1.82, 2.24) is 10.3 Å². The highest BCUT2D eigenvalue weighted by Crippen LogP contribution is 2.25. The number of halogens is 1. The summed E-state index contributed by atoms with van der Waals surface area (Å²) < 4.78 is 6.12. The number of aromatic nitrogens is 1. The maximum absolute atomic E-state index is 12.1. The Bertz CT molecular complexity index is 447. The zero-order valence-corrected chi connectivity index (χ0v) is 12.5. The van der Waals surface area contributed by atoms with E-state index < -0.39 is 0 Å². The summed E-state index contributed by atoms with van der Waals surface area (Å²) >= 11 is 3.36. The largest absolute Gasteiger partial charge is 0.381 e. The second-order valence-corrected chi connectivity index (χ2v) is 5.54. The van der Waals surface area contributed by atoms with Crippen molar-refractivity contribution in [1.29, 1.82) is 0 Å². The smallest absolute Gasteiger partial charge is 0.319 e. The number of hydrogen-bond acceptors (Lipinski definition) is 3. The molecule has 1 aliphatic heterocycles. The average Bonchev–Trinajstić information content (AvgIpc) is 2.42. The Morgan fingerprint density at radius 1 is 1.53 bits per heavy atom. The third-order valence-electron chi connectivity index (χ3n) is 3.53. The molecule has 1 fully saturated rings. The maximum atomic E-state index is 12.1. The molecule has 0 spiro atoms. The molecule has 2 N–H and O–H groups in total. The van der Waals surface area contributed by atoms with Gasteiger partial charge in [0, 0.05) is 31.1 Å². The number of nitrogens with zero attached hydrogens (tertiary/aromatic N) is 1. The number of rotatable bonds is 3. The Labute approximate surface area is 121 Å². The predicted octanol–water partition coefficient (Wildman–Crippen LogP) is 2.92. The minimum Gasteiger partial charge on any atom is -0.381 e. The van der Waals surface area contributed by atoms with Gasteiger partial charge in [0.05, 0.1) is 10.2 Å². The fourth-order valence-electron chi connectivity index (χ4n) is 2.20. The van der Waals surface area contributed by atoms with Crippen LogP contribution in [0.25, 0.3) is 0 Å². The summed E-state index contributed by atoms with van der Waals surface area (Å²) in [6.07, 6.45) is 5.91. The number of carbonyl (C=O) groups excluding carboxylic acids is 1. The first-order valence-corrected chi connectivity index (χ1v) is 7.21. The molecule has 5 nitrogen and oxygen atoms in total. The van der Waals surface area contributed by atoms with Gasteiger partial charge in [-0.15, -0.1) is 0 Å². The van der Waals surface area contributed by atoms with Crippen molar-refractivity contribution in [3.05, 3.63) is 22.9 Å². The molecule has 0 aliphatic carbocycles. The van der Waals surface area contributed by atoms with Gasteiger partial charge in [0.25, 0.3) is 0 Å². The first kappa shape index (κ1) is 14.3. The van der Waals surface area contributed by atoms with Crippen LogP contribution in [0.15, 0.2) is 22.9 Å². The van der Waals surface area contributed by atoms with E-state index in [1.54, 1.807) is 18.5 Å². The topological polar surface area (TPSA) is 63.2 Å². The monoisotopic (exact) mass is 327 g/mol. The lowest BCUT2D eigenvalue weighted by Gasteiger charge is -2.37. The van der Waals surface area contributed by atoms with Crippen LogP contribution in [0.4, 0.5) is 10.5 Å². The molecule has 0 aromatic carbocycles. The van der Waals surface area contributed by atoms with Crippen molar-refractivity contribution in [3.8, 4) is 0 Å². The van der Waals surface area contributed by atoms with E-state index >= 15 is 0 Å². The SMILES string of the molecule is CCC1(NC(=O)Nc2ccncc2Br)CCOCC1. The lowest BCUT2D eigenvalue weighted by molar-refractivity contribution is 0.0416. The number of nitrogens with one attached hydrogen (secondary N) is 2. The van der Waals surface area contributed by atoms with Crippen molar-refractivity contribution >= 4 is 27.6 Å². The van der Waals surface area contributed by atoms with Crippen molar-refractivity contribution in [2.45, 2.75) is 31.7 Å². The van der Waals surface area contributed by atoms with E-state index in [4.69, 9.17) is 4.74 Å². The highest BCUT2D eigenvalue weighted by atomic mass is 79.9. The van der Waals surface area contributed by atoms with E-state index in [-0.39, 0.29) is 11.6 Å². The molecule has 104 valence electrons. The van der Waals surface area contributed by atoms with Gasteiger partial charge in [-0.3, -0.25) is 4.98 Å². The standard InChI is InChI=1S/C13H18BrN3O2/c1-2-13(4-7-19-8-5-13)17-12(18)16-11-3-6-15-9-10(11)14/h3,6,9H,2,4-5,7-8H2,1H3,(H2,15,16,17,18). The molecule has 1 aromatic rings. The zero-order chi connectivity index (χ0) is 13.7. The van der Waals surface area contributed by atoms with Crippen molar-refractivity contribution in [3.63, 3.8) is 0 Å². The van der Waals surface area contributed by atoms with E-state index in [1.165, 1.54) is 0 Å². The number of ether oxygens (including phenoxy) is 1. The van der Waals surface area contributed by atoms with Crippen LogP contribution in [0.3, 0.4) is 0 Å². The molecule has 1 saturated heterocycles. The first-order chi connectivity index (χ1) is 9.15. The van der Waals surface area contributed by atoms with E-state index in [2.05, 4.69) is 38.5 Å². The quantitative estimate of drug-likeness (QED) is 0.897. The van der Waals surface area contributed by atoms with Crippen LogP contribution in [0, 0.1) is 0 Å². The number of carbonyl (C=O) groups is 1. The number of pyridine rings is 1. The molecule has 0 radical (unpaired) electrons. The molecule has 0 unspecified atom stereocenters. The Morgan fingerprint density at radius 3 is 2.89 bits per heavy atom. The van der Waals surface area contributed by atoms with Gasteiger partial charge in [-0.05, 0) is 41.3 Å². The van der Waals surface area contributed by atoms with E-state index in [9.17, 15) is 4.79 Å². The van der Waals surface area contributed by atoms with Gasteiger partial charge in [-0.25, -0.2) is 4.79 Å². The highest BCUT2D eigenvalue weighted by molar-refractivity contribution is 9.10. The van der Waals surface area contributed by atoms with Gasteiger partial charge in [0.1, 0.15) is 0 Å². The molecule has 1 aliphatic rings. The van der Waals surface area contributed by atoms with Gasteiger partial charge in [0.2, 0.25) is 0 Å². The lowest BCUT2D eigenvalue weighted by atomic mass is 9.87. The second-order valence-electron chi connectivity index (χ2n) is 4.68. The van der Waals surface area contributed by atoms with Gasteiger partial charge in [-0.2, -0.15) is 0 Å². The van der Waals surface area contributed by atoms with Crippen LogP contribution < -0.4 is 10.6 Å². The van der Waals surface area contributed by atoms with Crippen molar-refractivity contribution in [2.24, 2.45) is 0 Å². The molecule has 19 heavy (non-hydrogen) atoms. The number of hydrogen-bond donors (Lipinski definition) is 2. The van der Waals surface area contributed by atoms with Gasteiger partial charge in [-0.1, -0.05) is 6.92 Å². The maximum Gasteiger partial charge on any atom is 0.319 e. The molecule has 1 aromatic heterocycles. The van der Waals surface area contributed by atoms with E-state index in [1.807, 2.05) is 0 Å². The van der Waals surface area contributed by atoms with Gasteiger partial charge < -0.3 is 15.4 Å². The molecule has 2 heterocycles. The Kier molecular flexibility index (Phi) is 4.76. The number of amides is 2. The first-order valence-electron chi connectivity index (χ1n) is 6.42. The fourth-order valence-corrected chi connectivity index (χ4v) is 2.55. The molecule has 0 saturated carbocycles.